The van der Waals surface area contributed by atoms with E-state index < -0.39 is 18.1 Å². The maximum Gasteiger partial charge on any atom is 0.407 e. The first-order valence-corrected chi connectivity index (χ1v) is 11.3. The number of carboxylic acids is 1. The number of fused-ring (bicyclic) bond motifs is 4. The van der Waals surface area contributed by atoms with Gasteiger partial charge in [-0.1, -0.05) is 54.6 Å². The molecular weight excluding hydrogens is 434 g/mol. The fourth-order valence-electron chi connectivity index (χ4n) is 4.69. The highest BCUT2D eigenvalue weighted by molar-refractivity contribution is 5.79. The van der Waals surface area contributed by atoms with Crippen LogP contribution in [0.1, 0.15) is 29.0 Å². The smallest absolute Gasteiger partial charge is 0.407 e. The lowest BCUT2D eigenvalue weighted by atomic mass is 9.98. The van der Waals surface area contributed by atoms with Crippen LogP contribution in [-0.2, 0) is 16.0 Å². The molecule has 0 aromatic heterocycles. The largest absolute Gasteiger partial charge is 0.486 e. The molecule has 3 aromatic carbocycles. The van der Waals surface area contributed by atoms with Gasteiger partial charge in [0.05, 0.1) is 6.42 Å². The van der Waals surface area contributed by atoms with Crippen LogP contribution < -0.4 is 14.8 Å². The Kier molecular flexibility index (Phi) is 6.08. The maximum atomic E-state index is 12.7. The Morgan fingerprint density at radius 3 is 2.26 bits per heavy atom. The van der Waals surface area contributed by atoms with Crippen molar-refractivity contribution < 1.29 is 28.9 Å². The molecule has 1 heterocycles. The number of rotatable bonds is 7. The standard InChI is InChI=1S/C27H25NO6/c29-26(30)15-18(13-17-9-10-24-25(14-17)33-12-11-32-24)28-27(31)34-16-23-21-7-3-1-5-19(21)20-6-2-4-8-22(20)23/h1-10,14,18,23H,11-13,15-16H2,(H,28,31)(H,29,30)/t18-/m1/s1. The van der Waals surface area contributed by atoms with Gasteiger partial charge >= 0.3 is 12.1 Å². The summed E-state index contributed by atoms with van der Waals surface area (Å²) < 4.78 is 16.7. The summed E-state index contributed by atoms with van der Waals surface area (Å²) in [4.78, 5) is 24.1. The molecule has 0 spiro atoms. The maximum absolute atomic E-state index is 12.7. The van der Waals surface area contributed by atoms with Gasteiger partial charge in [0.2, 0.25) is 0 Å². The molecular formula is C27H25NO6. The van der Waals surface area contributed by atoms with Crippen molar-refractivity contribution in [2.45, 2.75) is 24.8 Å². The number of aliphatic carboxylic acids is 1. The Labute approximate surface area is 197 Å². The van der Waals surface area contributed by atoms with Gasteiger partial charge in [-0.15, -0.1) is 0 Å². The van der Waals surface area contributed by atoms with Gasteiger partial charge in [0, 0.05) is 12.0 Å². The first kappa shape index (κ1) is 21.8. The third-order valence-corrected chi connectivity index (χ3v) is 6.18. The van der Waals surface area contributed by atoms with Crippen LogP contribution in [0.15, 0.2) is 66.7 Å². The summed E-state index contributed by atoms with van der Waals surface area (Å²) in [6.07, 6.45) is -0.531. The quantitative estimate of drug-likeness (QED) is 0.545. The lowest BCUT2D eigenvalue weighted by Crippen LogP contribution is -2.39. The van der Waals surface area contributed by atoms with Gasteiger partial charge in [-0.3, -0.25) is 4.79 Å². The number of benzene rings is 3. The highest BCUT2D eigenvalue weighted by atomic mass is 16.6. The molecule has 1 aliphatic heterocycles. The van der Waals surface area contributed by atoms with Crippen molar-refractivity contribution in [3.05, 3.63) is 83.4 Å². The van der Waals surface area contributed by atoms with Crippen LogP contribution in [0.2, 0.25) is 0 Å². The van der Waals surface area contributed by atoms with E-state index >= 15 is 0 Å². The molecule has 0 bridgehead atoms. The molecule has 3 aromatic rings. The Morgan fingerprint density at radius 2 is 1.59 bits per heavy atom. The fraction of sp³-hybridized carbons (Fsp3) is 0.259. The van der Waals surface area contributed by atoms with Crippen LogP contribution in [0.5, 0.6) is 11.5 Å². The van der Waals surface area contributed by atoms with Gasteiger partial charge in [0.25, 0.3) is 0 Å². The van der Waals surface area contributed by atoms with Crippen molar-refractivity contribution in [1.82, 2.24) is 5.32 Å². The summed E-state index contributed by atoms with van der Waals surface area (Å²) >= 11 is 0. The van der Waals surface area contributed by atoms with Crippen LogP contribution in [0.4, 0.5) is 4.79 Å². The fourth-order valence-corrected chi connectivity index (χ4v) is 4.69. The number of carbonyl (C=O) groups excluding carboxylic acids is 1. The molecule has 0 fully saturated rings. The highest BCUT2D eigenvalue weighted by Crippen LogP contribution is 2.44. The number of carboxylic acid groups (broad SMARTS) is 1. The van der Waals surface area contributed by atoms with Crippen molar-refractivity contribution in [3.8, 4) is 22.6 Å². The SMILES string of the molecule is O=C(O)C[C@@H](Cc1ccc2c(c1)OCCO2)NC(=O)OCC1c2ccccc2-c2ccccc21. The Balaban J connectivity index is 1.25. The van der Waals surface area contributed by atoms with E-state index in [4.69, 9.17) is 14.2 Å². The van der Waals surface area contributed by atoms with E-state index in [-0.39, 0.29) is 18.9 Å². The number of hydrogen-bond acceptors (Lipinski definition) is 5. The van der Waals surface area contributed by atoms with Gasteiger partial charge < -0.3 is 24.6 Å². The number of carbonyl (C=O) groups is 2. The summed E-state index contributed by atoms with van der Waals surface area (Å²) in [6.45, 7) is 1.13. The van der Waals surface area contributed by atoms with Crippen molar-refractivity contribution in [2.75, 3.05) is 19.8 Å². The summed E-state index contributed by atoms with van der Waals surface area (Å²) in [7, 11) is 0. The molecule has 7 heteroatoms. The van der Waals surface area contributed by atoms with Gasteiger partial charge in [-0.2, -0.15) is 0 Å². The topological polar surface area (TPSA) is 94.1 Å². The lowest BCUT2D eigenvalue weighted by molar-refractivity contribution is -0.137. The van der Waals surface area contributed by atoms with Gasteiger partial charge in [-0.25, -0.2) is 4.79 Å². The molecule has 5 rings (SSSR count). The molecule has 174 valence electrons. The van der Waals surface area contributed by atoms with Crippen molar-refractivity contribution in [1.29, 1.82) is 0 Å². The molecule has 0 unspecified atom stereocenters. The summed E-state index contributed by atoms with van der Waals surface area (Å²) in [5, 5.41) is 12.1. The molecule has 0 saturated heterocycles. The monoisotopic (exact) mass is 459 g/mol. The van der Waals surface area contributed by atoms with Crippen LogP contribution in [0.25, 0.3) is 11.1 Å². The molecule has 0 radical (unpaired) electrons. The van der Waals surface area contributed by atoms with Gasteiger partial charge in [0.1, 0.15) is 19.8 Å². The third-order valence-electron chi connectivity index (χ3n) is 6.18. The second kappa shape index (κ2) is 9.47. The van der Waals surface area contributed by atoms with Crippen LogP contribution in [-0.4, -0.2) is 43.0 Å². The zero-order valence-electron chi connectivity index (χ0n) is 18.5. The zero-order valence-corrected chi connectivity index (χ0v) is 18.5. The van der Waals surface area contributed by atoms with Crippen molar-refractivity contribution in [3.63, 3.8) is 0 Å². The Bertz CT molecular complexity index is 1180. The minimum absolute atomic E-state index is 0.0612. The minimum atomic E-state index is -0.999. The van der Waals surface area contributed by atoms with E-state index in [2.05, 4.69) is 29.6 Å². The van der Waals surface area contributed by atoms with E-state index in [1.165, 1.54) is 0 Å². The molecule has 0 saturated carbocycles. The predicted octanol–water partition coefficient (Wildman–Crippen LogP) is 4.38. The molecule has 7 nitrogen and oxygen atoms in total. The molecule has 1 atom stereocenters. The van der Waals surface area contributed by atoms with Crippen LogP contribution in [0.3, 0.4) is 0 Å². The lowest BCUT2D eigenvalue weighted by Gasteiger charge is -2.21. The molecule has 2 aliphatic rings. The second-order valence-electron chi connectivity index (χ2n) is 8.45. The van der Waals surface area contributed by atoms with Crippen LogP contribution in [0, 0.1) is 0 Å². The average molecular weight is 459 g/mol. The Hall–Kier alpha value is -4.00. The number of hydrogen-bond donors (Lipinski definition) is 2. The highest BCUT2D eigenvalue weighted by Gasteiger charge is 2.29. The minimum Gasteiger partial charge on any atom is -0.486 e. The summed E-state index contributed by atoms with van der Waals surface area (Å²) in [6, 6.07) is 21.1. The van der Waals surface area contributed by atoms with E-state index in [1.807, 2.05) is 36.4 Å². The predicted molar refractivity (Wildman–Crippen MR) is 125 cm³/mol. The first-order chi connectivity index (χ1) is 16.6. The molecule has 1 aliphatic carbocycles. The second-order valence-corrected chi connectivity index (χ2v) is 8.45. The summed E-state index contributed by atoms with van der Waals surface area (Å²) in [5.74, 6) is 0.226. The number of alkyl carbamates (subject to hydrolysis) is 1. The van der Waals surface area contributed by atoms with Crippen LogP contribution >= 0.6 is 0 Å². The number of amides is 1. The third kappa shape index (κ3) is 4.55. The van der Waals surface area contributed by atoms with E-state index in [0.29, 0.717) is 31.1 Å². The van der Waals surface area contributed by atoms with Crippen molar-refractivity contribution in [2.24, 2.45) is 0 Å². The van der Waals surface area contributed by atoms with Gasteiger partial charge in [0.15, 0.2) is 11.5 Å². The van der Waals surface area contributed by atoms with E-state index in [9.17, 15) is 14.7 Å². The van der Waals surface area contributed by atoms with E-state index in [0.717, 1.165) is 27.8 Å². The Morgan fingerprint density at radius 1 is 0.941 bits per heavy atom. The zero-order chi connectivity index (χ0) is 23.5. The molecule has 2 N–H and O–H groups in total. The number of ether oxygens (including phenoxy) is 3. The average Bonchev–Trinajstić information content (AvgIpc) is 3.16. The number of nitrogens with one attached hydrogen (secondary N) is 1. The van der Waals surface area contributed by atoms with Crippen molar-refractivity contribution >= 4 is 12.1 Å². The van der Waals surface area contributed by atoms with E-state index in [1.54, 1.807) is 6.07 Å². The van der Waals surface area contributed by atoms with Gasteiger partial charge in [-0.05, 0) is 46.4 Å². The molecule has 34 heavy (non-hydrogen) atoms. The first-order valence-electron chi connectivity index (χ1n) is 11.3. The normalized spacial score (nSPS) is 14.6. The summed E-state index contributed by atoms with van der Waals surface area (Å²) in [5.41, 5.74) is 5.38. The molecule has 1 amide bonds.